The Balaban J connectivity index is 2.66. The second-order valence-corrected chi connectivity index (χ2v) is 5.62. The molecule has 1 aromatic carbocycles. The van der Waals surface area contributed by atoms with Crippen molar-refractivity contribution in [1.82, 2.24) is 5.16 Å². The lowest BCUT2D eigenvalue weighted by atomic mass is 9.97. The molecule has 0 saturated carbocycles. The number of aliphatic carboxylic acids is 1. The van der Waals surface area contributed by atoms with E-state index in [2.05, 4.69) is 5.16 Å². The topological polar surface area (TPSA) is 83.6 Å². The molecule has 1 heterocycles. The molecular formula is C16H18N2O4. The fraction of sp³-hybridized carbons (Fsp3) is 0.312. The minimum absolute atomic E-state index is 0.00280. The molecule has 0 aliphatic heterocycles. The predicted octanol–water partition coefficient (Wildman–Crippen LogP) is 2.80. The van der Waals surface area contributed by atoms with Crippen LogP contribution in [0.25, 0.3) is 0 Å². The number of carboxylic acid groups (broad SMARTS) is 1. The van der Waals surface area contributed by atoms with Gasteiger partial charge in [-0.15, -0.1) is 0 Å². The average molecular weight is 302 g/mol. The third-order valence-electron chi connectivity index (χ3n) is 3.60. The second-order valence-electron chi connectivity index (χ2n) is 5.62. The quantitative estimate of drug-likeness (QED) is 0.938. The Morgan fingerprint density at radius 1 is 1.18 bits per heavy atom. The highest BCUT2D eigenvalue weighted by Gasteiger charge is 2.41. The van der Waals surface area contributed by atoms with Crippen molar-refractivity contribution in [1.29, 1.82) is 0 Å². The summed E-state index contributed by atoms with van der Waals surface area (Å²) in [6.45, 7) is 6.63. The Labute approximate surface area is 128 Å². The van der Waals surface area contributed by atoms with Gasteiger partial charge in [0.15, 0.2) is 0 Å². The summed E-state index contributed by atoms with van der Waals surface area (Å²) in [5.41, 5.74) is 0.737. The highest BCUT2D eigenvalue weighted by Crippen LogP contribution is 2.32. The molecule has 6 nitrogen and oxygen atoms in total. The highest BCUT2D eigenvalue weighted by molar-refractivity contribution is 6.09. The number of hydrogen-bond donors (Lipinski definition) is 1. The minimum Gasteiger partial charge on any atom is -0.480 e. The number of benzene rings is 1. The van der Waals surface area contributed by atoms with Crippen molar-refractivity contribution in [2.24, 2.45) is 0 Å². The molecule has 22 heavy (non-hydrogen) atoms. The maximum atomic E-state index is 12.8. The van der Waals surface area contributed by atoms with Crippen molar-refractivity contribution < 1.29 is 19.2 Å². The molecule has 0 radical (unpaired) electrons. The zero-order chi connectivity index (χ0) is 16.5. The molecule has 0 unspecified atom stereocenters. The smallest absolute Gasteiger partial charge is 0.329 e. The number of aromatic nitrogens is 1. The van der Waals surface area contributed by atoms with Crippen LogP contribution in [0.2, 0.25) is 0 Å². The van der Waals surface area contributed by atoms with Gasteiger partial charge in [0.1, 0.15) is 5.54 Å². The van der Waals surface area contributed by atoms with E-state index >= 15 is 0 Å². The molecule has 1 N–H and O–H groups in total. The largest absolute Gasteiger partial charge is 0.480 e. The number of carboxylic acids is 1. The number of hydrogen-bond acceptors (Lipinski definition) is 4. The zero-order valence-corrected chi connectivity index (χ0v) is 13.0. The molecule has 0 fully saturated rings. The van der Waals surface area contributed by atoms with Crippen LogP contribution in [0, 0.1) is 13.8 Å². The number of carbonyl (C=O) groups is 2. The first-order valence-corrected chi connectivity index (χ1v) is 6.81. The van der Waals surface area contributed by atoms with E-state index in [0.717, 1.165) is 11.1 Å². The first-order valence-electron chi connectivity index (χ1n) is 6.81. The molecule has 6 heteroatoms. The molecule has 2 rings (SSSR count). The van der Waals surface area contributed by atoms with E-state index in [1.54, 1.807) is 0 Å². The van der Waals surface area contributed by atoms with Gasteiger partial charge in [-0.05, 0) is 38.8 Å². The average Bonchev–Trinajstić information content (AvgIpc) is 2.96. The molecule has 0 aliphatic rings. The van der Waals surface area contributed by atoms with E-state index in [0.29, 0.717) is 5.69 Å². The summed E-state index contributed by atoms with van der Waals surface area (Å²) in [6, 6.07) is 6.95. The lowest BCUT2D eigenvalue weighted by Crippen LogP contribution is -2.54. The van der Waals surface area contributed by atoms with E-state index < -0.39 is 17.4 Å². The number of anilines is 1. The molecule has 2 aromatic rings. The molecule has 0 saturated heterocycles. The standard InChI is InChI=1S/C16H18N2O4/c1-10-6-5-7-11(2)13(10)18(16(3,4)15(20)21)14(19)12-8-9-17-22-12/h5-9H,1-4H3,(H,20,21). The number of nitrogens with zero attached hydrogens (tertiary/aromatic N) is 2. The third-order valence-corrected chi connectivity index (χ3v) is 3.60. The van der Waals surface area contributed by atoms with Gasteiger partial charge in [0, 0.05) is 6.07 Å². The van der Waals surface area contributed by atoms with Crippen LogP contribution in [-0.4, -0.2) is 27.7 Å². The van der Waals surface area contributed by atoms with Gasteiger partial charge in [-0.2, -0.15) is 0 Å². The summed E-state index contributed by atoms with van der Waals surface area (Å²) >= 11 is 0. The minimum atomic E-state index is -1.44. The van der Waals surface area contributed by atoms with Gasteiger partial charge < -0.3 is 9.63 Å². The zero-order valence-electron chi connectivity index (χ0n) is 13.0. The second kappa shape index (κ2) is 5.63. The van der Waals surface area contributed by atoms with Crippen molar-refractivity contribution in [2.45, 2.75) is 33.2 Å². The molecule has 0 atom stereocenters. The van der Waals surface area contributed by atoms with Gasteiger partial charge in [0.05, 0.1) is 11.9 Å². The summed E-state index contributed by atoms with van der Waals surface area (Å²) in [4.78, 5) is 25.7. The van der Waals surface area contributed by atoms with E-state index in [1.165, 1.54) is 31.0 Å². The van der Waals surface area contributed by atoms with Gasteiger partial charge in [0.2, 0.25) is 5.76 Å². The Morgan fingerprint density at radius 2 is 1.77 bits per heavy atom. The molecule has 0 bridgehead atoms. The summed E-state index contributed by atoms with van der Waals surface area (Å²) in [5, 5.41) is 13.1. The van der Waals surface area contributed by atoms with Crippen molar-refractivity contribution in [2.75, 3.05) is 4.90 Å². The number of carbonyl (C=O) groups excluding carboxylic acids is 1. The van der Waals surface area contributed by atoms with Crippen molar-refractivity contribution in [3.8, 4) is 0 Å². The van der Waals surface area contributed by atoms with Crippen molar-refractivity contribution in [3.05, 3.63) is 47.3 Å². The fourth-order valence-electron chi connectivity index (χ4n) is 2.33. The number of amides is 1. The van der Waals surface area contributed by atoms with Crippen LogP contribution in [-0.2, 0) is 4.79 Å². The molecule has 1 aromatic heterocycles. The monoisotopic (exact) mass is 302 g/mol. The van der Waals surface area contributed by atoms with Crippen molar-refractivity contribution in [3.63, 3.8) is 0 Å². The maximum Gasteiger partial charge on any atom is 0.329 e. The first-order chi connectivity index (χ1) is 10.3. The van der Waals surface area contributed by atoms with E-state index in [-0.39, 0.29) is 5.76 Å². The van der Waals surface area contributed by atoms with Gasteiger partial charge in [0.25, 0.3) is 5.91 Å². The van der Waals surface area contributed by atoms with Gasteiger partial charge in [-0.3, -0.25) is 9.69 Å². The van der Waals surface area contributed by atoms with Crippen LogP contribution >= 0.6 is 0 Å². The lowest BCUT2D eigenvalue weighted by Gasteiger charge is -2.36. The number of aryl methyl sites for hydroxylation is 2. The van der Waals surface area contributed by atoms with Crippen LogP contribution in [0.1, 0.15) is 35.5 Å². The Bertz CT molecular complexity index is 685. The fourth-order valence-corrected chi connectivity index (χ4v) is 2.33. The molecule has 116 valence electrons. The van der Waals surface area contributed by atoms with Gasteiger partial charge in [-0.1, -0.05) is 23.4 Å². The van der Waals surface area contributed by atoms with Gasteiger partial charge in [-0.25, -0.2) is 4.79 Å². The Morgan fingerprint density at radius 3 is 2.23 bits per heavy atom. The highest BCUT2D eigenvalue weighted by atomic mass is 16.5. The third kappa shape index (κ3) is 2.59. The number of para-hydroxylation sites is 1. The maximum absolute atomic E-state index is 12.8. The Kier molecular flexibility index (Phi) is 4.03. The summed E-state index contributed by atoms with van der Waals surface area (Å²) in [5.74, 6) is -1.65. The summed E-state index contributed by atoms with van der Waals surface area (Å²) in [7, 11) is 0. The molecule has 0 aliphatic carbocycles. The normalized spacial score (nSPS) is 11.3. The predicted molar refractivity (Wildman–Crippen MR) is 80.9 cm³/mol. The van der Waals surface area contributed by atoms with Gasteiger partial charge >= 0.3 is 5.97 Å². The summed E-state index contributed by atoms with van der Waals surface area (Å²) in [6.07, 6.45) is 1.35. The van der Waals surface area contributed by atoms with Crippen LogP contribution < -0.4 is 4.90 Å². The Hall–Kier alpha value is -2.63. The first kappa shape index (κ1) is 15.8. The molecule has 0 spiro atoms. The van der Waals surface area contributed by atoms with Crippen LogP contribution in [0.5, 0.6) is 0 Å². The van der Waals surface area contributed by atoms with Crippen molar-refractivity contribution >= 4 is 17.6 Å². The molecular weight excluding hydrogens is 284 g/mol. The molecule has 1 amide bonds. The lowest BCUT2D eigenvalue weighted by molar-refractivity contribution is -0.141. The summed E-state index contributed by atoms with van der Waals surface area (Å²) < 4.78 is 4.92. The van der Waals surface area contributed by atoms with E-state index in [9.17, 15) is 14.7 Å². The number of rotatable bonds is 4. The van der Waals surface area contributed by atoms with Crippen LogP contribution in [0.3, 0.4) is 0 Å². The SMILES string of the molecule is Cc1cccc(C)c1N(C(=O)c1ccno1)C(C)(C)C(=O)O. The van der Waals surface area contributed by atoms with E-state index in [4.69, 9.17) is 4.52 Å². The van der Waals surface area contributed by atoms with Crippen LogP contribution in [0.4, 0.5) is 5.69 Å². The van der Waals surface area contributed by atoms with Crippen LogP contribution in [0.15, 0.2) is 35.0 Å². The van der Waals surface area contributed by atoms with E-state index in [1.807, 2.05) is 32.0 Å².